The smallest absolute Gasteiger partial charge is 0.293 e. The molecule has 26 heavy (non-hydrogen) atoms. The Hall–Kier alpha value is -2.31. The van der Waals surface area contributed by atoms with Gasteiger partial charge in [0.05, 0.1) is 18.6 Å². The first-order valence-electron chi connectivity index (χ1n) is 7.73. The minimum absolute atomic E-state index is 0.120. The van der Waals surface area contributed by atoms with Crippen LogP contribution in [-0.4, -0.2) is 23.2 Å². The molecule has 1 aliphatic heterocycles. The zero-order chi connectivity index (χ0) is 18.8. The van der Waals surface area contributed by atoms with Crippen molar-refractivity contribution in [2.75, 3.05) is 7.11 Å². The zero-order valence-electron chi connectivity index (χ0n) is 14.1. The maximum absolute atomic E-state index is 14.0. The molecule has 0 aromatic heterocycles. The van der Waals surface area contributed by atoms with Gasteiger partial charge in [0.1, 0.15) is 11.6 Å². The van der Waals surface area contributed by atoms with Crippen molar-refractivity contribution < 1.29 is 18.7 Å². The Kier molecular flexibility index (Phi) is 5.34. The van der Waals surface area contributed by atoms with Crippen LogP contribution in [0.4, 0.5) is 9.18 Å². The number of aryl methyl sites for hydroxylation is 1. The number of halogens is 2. The summed E-state index contributed by atoms with van der Waals surface area (Å²) in [5, 5.41) is -0.282. The number of ether oxygens (including phenoxy) is 1. The van der Waals surface area contributed by atoms with Crippen molar-refractivity contribution in [2.24, 2.45) is 0 Å². The zero-order valence-corrected chi connectivity index (χ0v) is 15.7. The molecule has 0 bridgehead atoms. The van der Waals surface area contributed by atoms with Crippen LogP contribution in [0.1, 0.15) is 16.7 Å². The van der Waals surface area contributed by atoms with Gasteiger partial charge in [-0.05, 0) is 54.1 Å². The van der Waals surface area contributed by atoms with E-state index in [-0.39, 0.29) is 22.0 Å². The Morgan fingerprint density at radius 3 is 2.73 bits per heavy atom. The molecule has 0 atom stereocenters. The van der Waals surface area contributed by atoms with Crippen LogP contribution in [0.15, 0.2) is 41.3 Å². The average molecular weight is 392 g/mol. The summed E-state index contributed by atoms with van der Waals surface area (Å²) in [6.07, 6.45) is 1.62. The van der Waals surface area contributed by atoms with E-state index in [1.165, 1.54) is 18.2 Å². The summed E-state index contributed by atoms with van der Waals surface area (Å²) in [6, 6.07) is 9.73. The summed E-state index contributed by atoms with van der Waals surface area (Å²) in [5.74, 6) is -0.334. The lowest BCUT2D eigenvalue weighted by Gasteiger charge is -2.14. The molecule has 1 saturated heterocycles. The number of imide groups is 1. The second-order valence-corrected chi connectivity index (χ2v) is 7.10. The van der Waals surface area contributed by atoms with Crippen LogP contribution < -0.4 is 4.74 Å². The first-order chi connectivity index (χ1) is 12.4. The Morgan fingerprint density at radius 2 is 2.04 bits per heavy atom. The van der Waals surface area contributed by atoms with E-state index < -0.39 is 17.0 Å². The van der Waals surface area contributed by atoms with Gasteiger partial charge in [0.15, 0.2) is 0 Å². The lowest BCUT2D eigenvalue weighted by molar-refractivity contribution is -0.123. The number of rotatable bonds is 4. The number of nitrogens with zero attached hydrogens (tertiary/aromatic N) is 1. The third-order valence-corrected chi connectivity index (χ3v) is 5.24. The molecule has 2 amide bonds. The van der Waals surface area contributed by atoms with Crippen molar-refractivity contribution in [1.29, 1.82) is 0 Å². The van der Waals surface area contributed by atoms with Gasteiger partial charge in [-0.3, -0.25) is 14.5 Å². The van der Waals surface area contributed by atoms with Crippen molar-refractivity contribution in [2.45, 2.75) is 13.5 Å². The Balaban J connectivity index is 1.87. The van der Waals surface area contributed by atoms with E-state index in [4.69, 9.17) is 16.3 Å². The molecule has 1 aliphatic rings. The van der Waals surface area contributed by atoms with Crippen molar-refractivity contribution in [3.63, 3.8) is 0 Å². The minimum Gasteiger partial charge on any atom is -0.496 e. The van der Waals surface area contributed by atoms with E-state index in [0.717, 1.165) is 27.8 Å². The fraction of sp³-hybridized carbons (Fsp3) is 0.158. The molecule has 1 fully saturated rings. The topological polar surface area (TPSA) is 46.6 Å². The number of carbonyl (C=O) groups is 2. The summed E-state index contributed by atoms with van der Waals surface area (Å²) >= 11 is 6.81. The first kappa shape index (κ1) is 18.5. The highest BCUT2D eigenvalue weighted by molar-refractivity contribution is 8.18. The fourth-order valence-corrected chi connectivity index (χ4v) is 3.62. The van der Waals surface area contributed by atoms with E-state index >= 15 is 0 Å². The van der Waals surface area contributed by atoms with E-state index in [1.54, 1.807) is 19.3 Å². The molecule has 3 rings (SSSR count). The molecule has 7 heteroatoms. The molecule has 1 heterocycles. The average Bonchev–Trinajstić information content (AvgIpc) is 2.87. The van der Waals surface area contributed by atoms with Gasteiger partial charge in [0.2, 0.25) is 0 Å². The van der Waals surface area contributed by atoms with Gasteiger partial charge < -0.3 is 4.74 Å². The summed E-state index contributed by atoms with van der Waals surface area (Å²) in [7, 11) is 1.57. The molecule has 0 spiro atoms. The van der Waals surface area contributed by atoms with Gasteiger partial charge in [-0.25, -0.2) is 4.39 Å². The molecule has 4 nitrogen and oxygen atoms in total. The largest absolute Gasteiger partial charge is 0.496 e. The molecule has 134 valence electrons. The van der Waals surface area contributed by atoms with Crippen LogP contribution >= 0.6 is 23.4 Å². The van der Waals surface area contributed by atoms with Crippen LogP contribution in [-0.2, 0) is 11.3 Å². The third-order valence-electron chi connectivity index (χ3n) is 3.98. The van der Waals surface area contributed by atoms with Gasteiger partial charge >= 0.3 is 0 Å². The summed E-state index contributed by atoms with van der Waals surface area (Å²) < 4.78 is 19.2. The summed E-state index contributed by atoms with van der Waals surface area (Å²) in [4.78, 5) is 26.1. The third kappa shape index (κ3) is 3.61. The number of hydrogen-bond donors (Lipinski definition) is 0. The van der Waals surface area contributed by atoms with Crippen LogP contribution in [0, 0.1) is 12.7 Å². The lowest BCUT2D eigenvalue weighted by atomic mass is 10.1. The van der Waals surface area contributed by atoms with Gasteiger partial charge in [0, 0.05) is 10.6 Å². The Bertz CT molecular complexity index is 909. The van der Waals surface area contributed by atoms with Gasteiger partial charge in [-0.15, -0.1) is 0 Å². The predicted octanol–water partition coefficient (Wildman–Crippen LogP) is 5.03. The molecule has 2 aromatic carbocycles. The first-order valence-corrected chi connectivity index (χ1v) is 8.93. The van der Waals surface area contributed by atoms with Gasteiger partial charge in [0.25, 0.3) is 11.1 Å². The Labute approximate surface area is 159 Å². The summed E-state index contributed by atoms with van der Waals surface area (Å²) in [5.41, 5.74) is 1.82. The monoisotopic (exact) mass is 391 g/mol. The van der Waals surface area contributed by atoms with E-state index in [9.17, 15) is 14.0 Å². The van der Waals surface area contributed by atoms with Crippen molar-refractivity contribution in [3.8, 4) is 5.75 Å². The second-order valence-electron chi connectivity index (χ2n) is 5.70. The highest BCUT2D eigenvalue weighted by Gasteiger charge is 2.35. The van der Waals surface area contributed by atoms with Crippen LogP contribution in [0.2, 0.25) is 5.02 Å². The predicted molar refractivity (Wildman–Crippen MR) is 101 cm³/mol. The highest BCUT2D eigenvalue weighted by Crippen LogP contribution is 2.35. The molecule has 2 aromatic rings. The van der Waals surface area contributed by atoms with Crippen LogP contribution in [0.5, 0.6) is 5.75 Å². The number of thioether (sulfide) groups is 1. The Morgan fingerprint density at radius 1 is 1.27 bits per heavy atom. The number of amides is 2. The SMILES string of the molecule is COc1cc(/C=C2\SC(=O)N(Cc3c(F)cccc3Cl)C2=O)ccc1C. The molecule has 0 unspecified atom stereocenters. The van der Waals surface area contributed by atoms with E-state index in [1.807, 2.05) is 19.1 Å². The number of hydrogen-bond acceptors (Lipinski definition) is 4. The summed E-state index contributed by atoms with van der Waals surface area (Å²) in [6.45, 7) is 1.71. The van der Waals surface area contributed by atoms with E-state index in [2.05, 4.69) is 0 Å². The standard InChI is InChI=1S/C19H15ClFNO3S/c1-11-6-7-12(8-16(11)25-2)9-17-18(23)22(19(24)26-17)10-13-14(20)4-3-5-15(13)21/h3-9H,10H2,1-2H3/b17-9-. The number of methoxy groups -OCH3 is 1. The van der Waals surface area contributed by atoms with E-state index in [0.29, 0.717) is 5.75 Å². The maximum atomic E-state index is 14.0. The molecule has 0 aliphatic carbocycles. The quantitative estimate of drug-likeness (QED) is 0.685. The van der Waals surface area contributed by atoms with Gasteiger partial charge in [-0.1, -0.05) is 29.8 Å². The number of carbonyl (C=O) groups excluding carboxylic acids is 2. The molecule has 0 saturated carbocycles. The maximum Gasteiger partial charge on any atom is 0.293 e. The minimum atomic E-state index is -0.552. The van der Waals surface area contributed by atoms with Crippen LogP contribution in [0.25, 0.3) is 6.08 Å². The van der Waals surface area contributed by atoms with Crippen molar-refractivity contribution in [3.05, 3.63) is 68.8 Å². The molecule has 0 radical (unpaired) electrons. The normalized spacial score (nSPS) is 15.8. The van der Waals surface area contributed by atoms with Crippen LogP contribution in [0.3, 0.4) is 0 Å². The molecular formula is C19H15ClFNO3S. The molecule has 0 N–H and O–H groups in total. The number of benzene rings is 2. The fourth-order valence-electron chi connectivity index (χ4n) is 2.56. The lowest BCUT2D eigenvalue weighted by Crippen LogP contribution is -2.28. The van der Waals surface area contributed by atoms with Crippen molar-refractivity contribution >= 4 is 40.6 Å². The molecular weight excluding hydrogens is 377 g/mol. The van der Waals surface area contributed by atoms with Crippen molar-refractivity contribution in [1.82, 2.24) is 4.90 Å². The highest BCUT2D eigenvalue weighted by atomic mass is 35.5. The van der Waals surface area contributed by atoms with Gasteiger partial charge in [-0.2, -0.15) is 0 Å². The second kappa shape index (κ2) is 7.51.